The van der Waals surface area contributed by atoms with Crippen LogP contribution < -0.4 is 10.6 Å². The third-order valence-corrected chi connectivity index (χ3v) is 5.17. The van der Waals surface area contributed by atoms with Crippen molar-refractivity contribution in [1.29, 1.82) is 0 Å². The van der Waals surface area contributed by atoms with Crippen molar-refractivity contribution in [3.63, 3.8) is 0 Å². The molecule has 3 aromatic carbocycles. The van der Waals surface area contributed by atoms with E-state index in [1.54, 1.807) is 24.3 Å². The van der Waals surface area contributed by atoms with E-state index in [1.165, 1.54) is 12.7 Å². The lowest BCUT2D eigenvalue weighted by molar-refractivity contribution is 0.0602. The zero-order valence-electron chi connectivity index (χ0n) is 18.0. The highest BCUT2D eigenvalue weighted by molar-refractivity contribution is 6.00. The fourth-order valence-corrected chi connectivity index (χ4v) is 3.55. The number of nitrogens with one attached hydrogen (secondary N) is 2. The number of carbonyl (C=O) groups is 2. The van der Waals surface area contributed by atoms with Crippen LogP contribution in [0.2, 0.25) is 0 Å². The first kappa shape index (κ1) is 21.1. The van der Waals surface area contributed by atoms with E-state index in [0.29, 0.717) is 24.3 Å². The van der Waals surface area contributed by atoms with E-state index < -0.39 is 12.0 Å². The lowest BCUT2D eigenvalue weighted by Crippen LogP contribution is -2.32. The van der Waals surface area contributed by atoms with Crippen LogP contribution in [0.25, 0.3) is 22.4 Å². The van der Waals surface area contributed by atoms with E-state index in [2.05, 4.69) is 39.5 Å². The first-order valence-corrected chi connectivity index (χ1v) is 10.3. The Bertz CT molecular complexity index is 1260. The minimum absolute atomic E-state index is 0.299. The molecule has 0 aliphatic carbocycles. The highest BCUT2D eigenvalue weighted by atomic mass is 16.5. The predicted molar refractivity (Wildman–Crippen MR) is 125 cm³/mol. The fourth-order valence-electron chi connectivity index (χ4n) is 3.55. The molecule has 32 heavy (non-hydrogen) atoms. The van der Waals surface area contributed by atoms with Gasteiger partial charge in [0.1, 0.15) is 5.82 Å². The summed E-state index contributed by atoms with van der Waals surface area (Å²) in [6, 6.07) is 22.5. The maximum absolute atomic E-state index is 12.5. The summed E-state index contributed by atoms with van der Waals surface area (Å²) in [6.07, 6.45) is 0. The summed E-state index contributed by atoms with van der Waals surface area (Å²) in [6.45, 7) is 2.97. The Hall–Kier alpha value is -4.13. The normalized spacial score (nSPS) is 10.7. The van der Waals surface area contributed by atoms with E-state index >= 15 is 0 Å². The number of methoxy groups -OCH3 is 1. The number of anilines is 1. The topological polar surface area (TPSA) is 85.2 Å². The molecule has 0 bridgehead atoms. The molecule has 0 aliphatic heterocycles. The second-order valence-electron chi connectivity index (χ2n) is 7.36. The molecule has 2 N–H and O–H groups in total. The maximum atomic E-state index is 12.5. The average Bonchev–Trinajstić information content (AvgIpc) is 3.18. The number of fused-ring (bicyclic) bond motifs is 1. The van der Waals surface area contributed by atoms with Crippen LogP contribution >= 0.6 is 0 Å². The number of para-hydroxylation sites is 3. The van der Waals surface area contributed by atoms with Gasteiger partial charge in [-0.3, -0.25) is 0 Å². The Labute approximate surface area is 186 Å². The van der Waals surface area contributed by atoms with Crippen LogP contribution in [0.4, 0.5) is 10.5 Å². The summed E-state index contributed by atoms with van der Waals surface area (Å²) >= 11 is 0. The number of rotatable bonds is 6. The fraction of sp³-hybridized carbons (Fsp3) is 0.160. The molecule has 0 aliphatic rings. The monoisotopic (exact) mass is 428 g/mol. The molecular formula is C25H24N4O3. The number of hydrogen-bond acceptors (Lipinski definition) is 4. The van der Waals surface area contributed by atoms with Gasteiger partial charge in [-0.25, -0.2) is 14.6 Å². The number of ether oxygens (including phenoxy) is 1. The lowest BCUT2D eigenvalue weighted by atomic mass is 10.1. The van der Waals surface area contributed by atoms with Gasteiger partial charge in [-0.2, -0.15) is 0 Å². The number of esters is 1. The molecule has 0 unspecified atom stereocenters. The summed E-state index contributed by atoms with van der Waals surface area (Å²) < 4.78 is 6.87. The molecule has 1 heterocycles. The minimum Gasteiger partial charge on any atom is -0.465 e. The highest BCUT2D eigenvalue weighted by Crippen LogP contribution is 2.25. The zero-order chi connectivity index (χ0) is 22.5. The van der Waals surface area contributed by atoms with Gasteiger partial charge in [0.25, 0.3) is 0 Å². The van der Waals surface area contributed by atoms with Crippen molar-refractivity contribution in [2.75, 3.05) is 19.0 Å². The van der Waals surface area contributed by atoms with Gasteiger partial charge in [-0.1, -0.05) is 54.1 Å². The second-order valence-corrected chi connectivity index (χ2v) is 7.36. The number of aryl methyl sites for hydroxylation is 1. The van der Waals surface area contributed by atoms with Gasteiger partial charge in [0.15, 0.2) is 0 Å². The van der Waals surface area contributed by atoms with Crippen molar-refractivity contribution in [2.45, 2.75) is 13.5 Å². The molecule has 4 rings (SSSR count). The van der Waals surface area contributed by atoms with Crippen LogP contribution in [-0.4, -0.2) is 35.2 Å². The predicted octanol–water partition coefficient (Wildman–Crippen LogP) is 4.62. The van der Waals surface area contributed by atoms with E-state index in [1.807, 2.05) is 31.2 Å². The van der Waals surface area contributed by atoms with Gasteiger partial charge in [-0.15, -0.1) is 0 Å². The third kappa shape index (κ3) is 4.46. The van der Waals surface area contributed by atoms with Crippen LogP contribution in [0.5, 0.6) is 0 Å². The van der Waals surface area contributed by atoms with Crippen LogP contribution in [0.15, 0.2) is 72.8 Å². The Morgan fingerprint density at radius 3 is 2.47 bits per heavy atom. The van der Waals surface area contributed by atoms with Crippen LogP contribution in [-0.2, 0) is 11.3 Å². The molecule has 0 saturated heterocycles. The summed E-state index contributed by atoms with van der Waals surface area (Å²) in [5.41, 5.74) is 4.80. The van der Waals surface area contributed by atoms with Crippen LogP contribution in [0.1, 0.15) is 15.9 Å². The van der Waals surface area contributed by atoms with Crippen LogP contribution in [0, 0.1) is 6.92 Å². The number of urea groups is 1. The van der Waals surface area contributed by atoms with E-state index in [9.17, 15) is 9.59 Å². The first-order chi connectivity index (χ1) is 15.6. The van der Waals surface area contributed by atoms with Crippen molar-refractivity contribution in [1.82, 2.24) is 14.9 Å². The van der Waals surface area contributed by atoms with Gasteiger partial charge in [-0.05, 0) is 31.2 Å². The van der Waals surface area contributed by atoms with Crippen molar-refractivity contribution in [2.24, 2.45) is 0 Å². The molecule has 0 spiro atoms. The Balaban J connectivity index is 1.49. The quantitative estimate of drug-likeness (QED) is 0.439. The van der Waals surface area contributed by atoms with Gasteiger partial charge in [0.2, 0.25) is 0 Å². The SMILES string of the molecule is COC(=O)c1ccccc1NC(=O)NCCn1c(-c2ccc(C)cc2)nc2ccccc21. The molecule has 162 valence electrons. The van der Waals surface area contributed by atoms with Gasteiger partial charge >= 0.3 is 12.0 Å². The second kappa shape index (κ2) is 9.34. The Morgan fingerprint density at radius 1 is 0.969 bits per heavy atom. The highest BCUT2D eigenvalue weighted by Gasteiger charge is 2.14. The van der Waals surface area contributed by atoms with Gasteiger partial charge < -0.3 is 19.9 Å². The third-order valence-electron chi connectivity index (χ3n) is 5.17. The average molecular weight is 428 g/mol. The number of carbonyl (C=O) groups excluding carboxylic acids is 2. The summed E-state index contributed by atoms with van der Waals surface area (Å²) in [7, 11) is 1.31. The molecular weight excluding hydrogens is 404 g/mol. The maximum Gasteiger partial charge on any atom is 0.339 e. The molecule has 7 heteroatoms. The van der Waals surface area contributed by atoms with E-state index in [0.717, 1.165) is 22.4 Å². The number of imidazole rings is 1. The van der Waals surface area contributed by atoms with Crippen molar-refractivity contribution >= 4 is 28.7 Å². The minimum atomic E-state index is -0.506. The Kier molecular flexibility index (Phi) is 6.17. The molecule has 1 aromatic heterocycles. The number of aromatic nitrogens is 2. The van der Waals surface area contributed by atoms with Crippen molar-refractivity contribution < 1.29 is 14.3 Å². The zero-order valence-corrected chi connectivity index (χ0v) is 18.0. The number of amides is 2. The molecule has 4 aromatic rings. The summed E-state index contributed by atoms with van der Waals surface area (Å²) in [5, 5.41) is 5.58. The number of hydrogen-bond donors (Lipinski definition) is 2. The van der Waals surface area contributed by atoms with Crippen molar-refractivity contribution in [3.05, 3.63) is 83.9 Å². The van der Waals surface area contributed by atoms with Crippen LogP contribution in [0.3, 0.4) is 0 Å². The summed E-state index contributed by atoms with van der Waals surface area (Å²) in [4.78, 5) is 29.2. The molecule has 0 fully saturated rings. The van der Waals surface area contributed by atoms with E-state index in [-0.39, 0.29) is 0 Å². The molecule has 2 amide bonds. The molecule has 0 saturated carbocycles. The largest absolute Gasteiger partial charge is 0.465 e. The molecule has 0 radical (unpaired) electrons. The van der Waals surface area contributed by atoms with E-state index in [4.69, 9.17) is 9.72 Å². The standard InChI is InChI=1S/C25H24N4O3/c1-17-11-13-18(14-12-17)23-27-21-9-5-6-10-22(21)29(23)16-15-26-25(31)28-20-8-4-3-7-19(20)24(30)32-2/h3-14H,15-16H2,1-2H3,(H2,26,28,31). The molecule has 7 nitrogen and oxygen atoms in total. The molecule has 0 atom stereocenters. The number of benzene rings is 3. The first-order valence-electron chi connectivity index (χ1n) is 10.3. The number of nitrogens with zero attached hydrogens (tertiary/aromatic N) is 2. The summed E-state index contributed by atoms with van der Waals surface area (Å²) in [5.74, 6) is 0.345. The van der Waals surface area contributed by atoms with Gasteiger partial charge in [0, 0.05) is 18.7 Å². The smallest absolute Gasteiger partial charge is 0.339 e. The van der Waals surface area contributed by atoms with Crippen molar-refractivity contribution in [3.8, 4) is 11.4 Å². The van der Waals surface area contributed by atoms with Gasteiger partial charge in [0.05, 0.1) is 29.4 Å². The Morgan fingerprint density at radius 2 is 1.69 bits per heavy atom. The lowest BCUT2D eigenvalue weighted by Gasteiger charge is -2.13.